The number of furan rings is 1. The lowest BCUT2D eigenvalue weighted by Gasteiger charge is -2.22. The van der Waals surface area contributed by atoms with Crippen LogP contribution in [0.5, 0.6) is 0 Å². The van der Waals surface area contributed by atoms with Gasteiger partial charge in [-0.25, -0.2) is 4.79 Å². The van der Waals surface area contributed by atoms with E-state index in [4.69, 9.17) is 8.83 Å². The van der Waals surface area contributed by atoms with Gasteiger partial charge in [0.05, 0.1) is 17.7 Å². The number of aromatic nitrogens is 2. The van der Waals surface area contributed by atoms with E-state index in [0.29, 0.717) is 28.1 Å². The molecule has 2 N–H and O–H groups in total. The highest BCUT2D eigenvalue weighted by molar-refractivity contribution is 6.06. The lowest BCUT2D eigenvalue weighted by molar-refractivity contribution is -0.116. The zero-order chi connectivity index (χ0) is 20.8. The molecule has 2 amide bonds. The Morgan fingerprint density at radius 3 is 2.87 bits per heavy atom. The van der Waals surface area contributed by atoms with Gasteiger partial charge in [-0.15, -0.1) is 0 Å². The minimum Gasteiger partial charge on any atom is -0.469 e. The summed E-state index contributed by atoms with van der Waals surface area (Å²) in [6.45, 7) is 0. The Kier molecular flexibility index (Phi) is 4.02. The smallest absolute Gasteiger partial charge is 0.349 e. The number of para-hydroxylation sites is 1. The Labute approximate surface area is 169 Å². The summed E-state index contributed by atoms with van der Waals surface area (Å²) in [6.07, 6.45) is 1.67. The summed E-state index contributed by atoms with van der Waals surface area (Å²) in [7, 11) is 1.66. The molecule has 1 aliphatic rings. The number of nitrogens with zero attached hydrogens (tertiary/aromatic N) is 2. The Morgan fingerprint density at radius 2 is 2.07 bits per heavy atom. The molecule has 0 bridgehead atoms. The second-order valence-corrected chi connectivity index (χ2v) is 6.99. The van der Waals surface area contributed by atoms with E-state index in [-0.39, 0.29) is 23.7 Å². The molecule has 0 fully saturated rings. The number of hydrogen-bond acceptors (Lipinski definition) is 6. The number of carbonyl (C=O) groups is 2. The van der Waals surface area contributed by atoms with Crippen molar-refractivity contribution in [1.29, 1.82) is 0 Å². The summed E-state index contributed by atoms with van der Waals surface area (Å²) in [6, 6.07) is 11.9. The van der Waals surface area contributed by atoms with Crippen molar-refractivity contribution in [3.63, 3.8) is 0 Å². The molecular weight excluding hydrogens is 388 g/mol. The van der Waals surface area contributed by atoms with E-state index in [1.807, 2.05) is 0 Å². The van der Waals surface area contributed by atoms with Crippen LogP contribution in [0.2, 0.25) is 0 Å². The second kappa shape index (κ2) is 6.73. The molecule has 0 aliphatic carbocycles. The lowest BCUT2D eigenvalue weighted by Crippen LogP contribution is -2.25. The van der Waals surface area contributed by atoms with E-state index >= 15 is 0 Å². The summed E-state index contributed by atoms with van der Waals surface area (Å²) >= 11 is 0. The Hall–Kier alpha value is -4.14. The summed E-state index contributed by atoms with van der Waals surface area (Å²) < 4.78 is 12.2. The molecule has 30 heavy (non-hydrogen) atoms. The number of rotatable bonds is 3. The zero-order valence-corrected chi connectivity index (χ0v) is 15.8. The molecule has 1 aromatic carbocycles. The van der Waals surface area contributed by atoms with Crippen LogP contribution in [0.15, 0.2) is 62.4 Å². The fraction of sp³-hybridized carbons (Fsp3) is 0.143. The van der Waals surface area contributed by atoms with Crippen LogP contribution in [0.25, 0.3) is 11.0 Å². The highest BCUT2D eigenvalue weighted by Crippen LogP contribution is 2.41. The number of carbonyl (C=O) groups excluding carboxylic acids is 2. The van der Waals surface area contributed by atoms with Crippen LogP contribution < -0.4 is 16.3 Å². The van der Waals surface area contributed by atoms with E-state index in [1.54, 1.807) is 43.4 Å². The second-order valence-electron chi connectivity index (χ2n) is 6.99. The third-order valence-electron chi connectivity index (χ3n) is 5.08. The van der Waals surface area contributed by atoms with Gasteiger partial charge in [0, 0.05) is 18.9 Å². The minimum atomic E-state index is -0.744. The zero-order valence-electron chi connectivity index (χ0n) is 15.8. The van der Waals surface area contributed by atoms with E-state index in [2.05, 4.69) is 15.7 Å². The number of fused-ring (bicyclic) bond motifs is 2. The molecule has 0 spiro atoms. The minimum absolute atomic E-state index is 0.137. The van der Waals surface area contributed by atoms with Crippen LogP contribution in [0.3, 0.4) is 0 Å². The summed E-state index contributed by atoms with van der Waals surface area (Å²) in [5.74, 6) is 0.0472. The molecule has 0 unspecified atom stereocenters. The highest BCUT2D eigenvalue weighted by Gasteiger charge is 2.35. The molecular formula is C21H16N4O5. The van der Waals surface area contributed by atoms with E-state index in [9.17, 15) is 14.4 Å². The standard InChI is InChI=1S/C21H16N4O5/c1-25-19-17(12(10-16(26)22-19)15-7-4-8-29-15)18(24-25)23-20(27)13-9-11-5-2-3-6-14(11)30-21(13)28/h2-9,12H,10H2,1H3,(H,22,26)(H,23,24,27)/t12-/m0/s1. The van der Waals surface area contributed by atoms with Gasteiger partial charge in [-0.1, -0.05) is 18.2 Å². The quantitative estimate of drug-likeness (QED) is 0.507. The molecule has 150 valence electrons. The first-order valence-electron chi connectivity index (χ1n) is 9.25. The van der Waals surface area contributed by atoms with E-state index in [0.717, 1.165) is 0 Å². The van der Waals surface area contributed by atoms with Crippen LogP contribution >= 0.6 is 0 Å². The molecule has 5 rings (SSSR count). The Bertz CT molecular complexity index is 1350. The normalized spacial score (nSPS) is 15.6. The fourth-order valence-electron chi connectivity index (χ4n) is 3.71. The van der Waals surface area contributed by atoms with Crippen molar-refractivity contribution in [2.24, 2.45) is 7.05 Å². The van der Waals surface area contributed by atoms with Gasteiger partial charge in [-0.05, 0) is 24.3 Å². The lowest BCUT2D eigenvalue weighted by atomic mass is 9.91. The first-order valence-corrected chi connectivity index (χ1v) is 9.25. The summed E-state index contributed by atoms with van der Waals surface area (Å²) in [5.41, 5.74) is 0.134. The number of amides is 2. The maximum Gasteiger partial charge on any atom is 0.349 e. The van der Waals surface area contributed by atoms with Gasteiger partial charge in [-0.2, -0.15) is 5.10 Å². The monoisotopic (exact) mass is 404 g/mol. The first kappa shape index (κ1) is 17.9. The van der Waals surface area contributed by atoms with Gasteiger partial charge >= 0.3 is 5.63 Å². The summed E-state index contributed by atoms with van der Waals surface area (Å²) in [4.78, 5) is 37.4. The number of anilines is 2. The number of benzene rings is 1. The molecule has 0 radical (unpaired) electrons. The first-order chi connectivity index (χ1) is 14.5. The molecule has 9 nitrogen and oxygen atoms in total. The predicted molar refractivity (Wildman–Crippen MR) is 107 cm³/mol. The van der Waals surface area contributed by atoms with Gasteiger partial charge in [0.1, 0.15) is 22.7 Å². The largest absolute Gasteiger partial charge is 0.469 e. The van der Waals surface area contributed by atoms with Crippen molar-refractivity contribution < 1.29 is 18.4 Å². The van der Waals surface area contributed by atoms with Crippen molar-refractivity contribution >= 4 is 34.4 Å². The van der Waals surface area contributed by atoms with E-state index < -0.39 is 17.5 Å². The predicted octanol–water partition coefficient (Wildman–Crippen LogP) is 2.85. The SMILES string of the molecule is Cn1nc(NC(=O)c2cc3ccccc3oc2=O)c2c1NC(=O)C[C@H]2c1ccco1. The van der Waals surface area contributed by atoms with Crippen LogP contribution in [-0.2, 0) is 11.8 Å². The highest BCUT2D eigenvalue weighted by atomic mass is 16.4. The Balaban J connectivity index is 1.56. The van der Waals surface area contributed by atoms with Crippen LogP contribution in [0, 0.1) is 0 Å². The number of hydrogen-bond donors (Lipinski definition) is 2. The van der Waals surface area contributed by atoms with Gasteiger partial charge in [0.25, 0.3) is 5.91 Å². The topological polar surface area (TPSA) is 119 Å². The Morgan fingerprint density at radius 1 is 1.23 bits per heavy atom. The van der Waals surface area contributed by atoms with Gasteiger partial charge in [0.2, 0.25) is 5.91 Å². The number of nitrogens with one attached hydrogen (secondary N) is 2. The maximum atomic E-state index is 12.9. The van der Waals surface area contributed by atoms with Crippen LogP contribution in [-0.4, -0.2) is 21.6 Å². The molecule has 4 heterocycles. The van der Waals surface area contributed by atoms with Crippen LogP contribution in [0.4, 0.5) is 11.6 Å². The average Bonchev–Trinajstić information content (AvgIpc) is 3.36. The molecule has 9 heteroatoms. The molecule has 1 aliphatic heterocycles. The molecule has 3 aromatic heterocycles. The molecule has 0 saturated carbocycles. The summed E-state index contributed by atoms with van der Waals surface area (Å²) in [5, 5.41) is 10.4. The van der Waals surface area contributed by atoms with E-state index in [1.165, 1.54) is 17.0 Å². The van der Waals surface area contributed by atoms with Crippen molar-refractivity contribution in [1.82, 2.24) is 9.78 Å². The van der Waals surface area contributed by atoms with Gasteiger partial charge < -0.3 is 19.5 Å². The van der Waals surface area contributed by atoms with Crippen LogP contribution in [0.1, 0.15) is 34.0 Å². The van der Waals surface area contributed by atoms with Gasteiger partial charge in [0.15, 0.2) is 5.82 Å². The number of aryl methyl sites for hydroxylation is 1. The fourth-order valence-corrected chi connectivity index (χ4v) is 3.71. The molecule has 1 atom stereocenters. The van der Waals surface area contributed by atoms with Crippen molar-refractivity contribution in [2.75, 3.05) is 10.6 Å². The maximum absolute atomic E-state index is 12.9. The van der Waals surface area contributed by atoms with Gasteiger partial charge in [-0.3, -0.25) is 14.3 Å². The third-order valence-corrected chi connectivity index (χ3v) is 5.08. The molecule has 0 saturated heterocycles. The third kappa shape index (κ3) is 2.87. The molecule has 4 aromatic rings. The van der Waals surface area contributed by atoms with Crippen molar-refractivity contribution in [3.05, 3.63) is 76.0 Å². The van der Waals surface area contributed by atoms with Crippen molar-refractivity contribution in [3.8, 4) is 0 Å². The average molecular weight is 404 g/mol. The van der Waals surface area contributed by atoms with Crippen molar-refractivity contribution in [2.45, 2.75) is 12.3 Å².